The van der Waals surface area contributed by atoms with Gasteiger partial charge in [-0.1, -0.05) is 18.5 Å². The molecular weight excluding hydrogens is 194 g/mol. The number of nitrogens with two attached hydrogens (primary N) is 1. The fourth-order valence-electron chi connectivity index (χ4n) is 1.69. The van der Waals surface area contributed by atoms with Crippen molar-refractivity contribution in [2.45, 2.75) is 45.6 Å². The third kappa shape index (κ3) is 2.06. The number of amides is 1. The molecule has 0 aromatic heterocycles. The first kappa shape index (κ1) is 11.8. The van der Waals surface area contributed by atoms with E-state index in [0.717, 1.165) is 12.8 Å². The number of carbonyl (C=O) groups is 1. The third-order valence-electron chi connectivity index (χ3n) is 3.23. The number of hydrogen-bond donors (Lipinski definition) is 3. The van der Waals surface area contributed by atoms with Gasteiger partial charge >= 0.3 is 0 Å². The second-order valence-electron chi connectivity index (χ2n) is 4.20. The second kappa shape index (κ2) is 4.51. The Bertz CT molecular complexity index is 272. The van der Waals surface area contributed by atoms with Crippen molar-refractivity contribution in [3.63, 3.8) is 0 Å². The Labute approximate surface area is 89.7 Å². The van der Waals surface area contributed by atoms with Gasteiger partial charge in [0, 0.05) is 6.04 Å². The average Bonchev–Trinajstić information content (AvgIpc) is 2.15. The van der Waals surface area contributed by atoms with E-state index in [1.54, 1.807) is 0 Å². The summed E-state index contributed by atoms with van der Waals surface area (Å²) in [7, 11) is 0. The zero-order chi connectivity index (χ0) is 11.5. The van der Waals surface area contributed by atoms with E-state index < -0.39 is 5.41 Å². The topological polar surface area (TPSA) is 87.7 Å². The average molecular weight is 213 g/mol. The van der Waals surface area contributed by atoms with Crippen LogP contribution in [0.15, 0.2) is 5.16 Å². The standard InChI is InChI=1S/C10H19N3O2/c1-3-7(2)12-9(14)10(5-4-6-10)8(11)13-15/h7,15H,3-6H2,1-2H3,(H2,11,13)(H,12,14). The Hall–Kier alpha value is -1.26. The Morgan fingerprint density at radius 2 is 2.27 bits per heavy atom. The largest absolute Gasteiger partial charge is 0.409 e. The SMILES string of the molecule is CCC(C)NC(=O)C1(C(N)=NO)CCC1. The van der Waals surface area contributed by atoms with Gasteiger partial charge in [0.2, 0.25) is 5.91 Å². The second-order valence-corrected chi connectivity index (χ2v) is 4.20. The van der Waals surface area contributed by atoms with Crippen molar-refractivity contribution >= 4 is 11.7 Å². The van der Waals surface area contributed by atoms with Crippen LogP contribution in [0.2, 0.25) is 0 Å². The van der Waals surface area contributed by atoms with Gasteiger partial charge in [0.25, 0.3) is 0 Å². The summed E-state index contributed by atoms with van der Waals surface area (Å²) in [6.45, 7) is 3.94. The van der Waals surface area contributed by atoms with Crippen LogP contribution in [0.5, 0.6) is 0 Å². The Kier molecular flexibility index (Phi) is 3.55. The minimum absolute atomic E-state index is 0.0366. The maximum Gasteiger partial charge on any atom is 0.234 e. The number of oxime groups is 1. The highest BCUT2D eigenvalue weighted by atomic mass is 16.4. The normalized spacial score (nSPS) is 21.6. The Balaban J connectivity index is 2.70. The van der Waals surface area contributed by atoms with Crippen molar-refractivity contribution in [1.29, 1.82) is 0 Å². The third-order valence-corrected chi connectivity index (χ3v) is 3.23. The first-order chi connectivity index (χ1) is 7.06. The van der Waals surface area contributed by atoms with Gasteiger partial charge in [-0.05, 0) is 26.2 Å². The molecule has 4 N–H and O–H groups in total. The summed E-state index contributed by atoms with van der Waals surface area (Å²) in [5.41, 5.74) is 4.82. The van der Waals surface area contributed by atoms with Gasteiger partial charge in [-0.15, -0.1) is 0 Å². The molecule has 0 aliphatic heterocycles. The van der Waals surface area contributed by atoms with Gasteiger partial charge in [-0.3, -0.25) is 4.79 Å². The fourth-order valence-corrected chi connectivity index (χ4v) is 1.69. The minimum atomic E-state index is -0.752. The smallest absolute Gasteiger partial charge is 0.234 e. The highest BCUT2D eigenvalue weighted by Crippen LogP contribution is 2.41. The van der Waals surface area contributed by atoms with Crippen molar-refractivity contribution in [2.75, 3.05) is 0 Å². The van der Waals surface area contributed by atoms with Crippen molar-refractivity contribution in [1.82, 2.24) is 5.32 Å². The van der Waals surface area contributed by atoms with E-state index in [1.165, 1.54) is 0 Å². The first-order valence-electron chi connectivity index (χ1n) is 5.35. The zero-order valence-corrected chi connectivity index (χ0v) is 9.29. The van der Waals surface area contributed by atoms with E-state index in [2.05, 4.69) is 10.5 Å². The summed E-state index contributed by atoms with van der Waals surface area (Å²) in [6.07, 6.45) is 3.17. The molecule has 1 saturated carbocycles. The summed E-state index contributed by atoms with van der Waals surface area (Å²) in [5.74, 6) is -0.0760. The van der Waals surface area contributed by atoms with Crippen LogP contribution >= 0.6 is 0 Å². The molecule has 1 rings (SSSR count). The van der Waals surface area contributed by atoms with Crippen LogP contribution in [0.4, 0.5) is 0 Å². The van der Waals surface area contributed by atoms with Crippen molar-refractivity contribution in [3.05, 3.63) is 0 Å². The van der Waals surface area contributed by atoms with E-state index >= 15 is 0 Å². The molecule has 1 unspecified atom stereocenters. The lowest BCUT2D eigenvalue weighted by atomic mass is 9.67. The number of carbonyl (C=O) groups excluding carboxylic acids is 1. The molecule has 1 amide bonds. The number of hydrogen-bond acceptors (Lipinski definition) is 3. The van der Waals surface area contributed by atoms with Gasteiger partial charge in [0.1, 0.15) is 5.41 Å². The summed E-state index contributed by atoms with van der Waals surface area (Å²) in [6, 6.07) is 0.126. The number of nitrogens with zero attached hydrogens (tertiary/aromatic N) is 1. The monoisotopic (exact) mass is 213 g/mol. The molecule has 1 aliphatic carbocycles. The maximum atomic E-state index is 11.9. The van der Waals surface area contributed by atoms with E-state index in [4.69, 9.17) is 10.9 Å². The highest BCUT2D eigenvalue weighted by molar-refractivity contribution is 6.07. The van der Waals surface area contributed by atoms with Crippen LogP contribution in [0.1, 0.15) is 39.5 Å². The summed E-state index contributed by atoms with van der Waals surface area (Å²) in [4.78, 5) is 11.9. The molecule has 5 heteroatoms. The molecule has 0 aromatic carbocycles. The fraction of sp³-hybridized carbons (Fsp3) is 0.800. The number of rotatable bonds is 4. The Morgan fingerprint density at radius 3 is 2.60 bits per heavy atom. The van der Waals surface area contributed by atoms with E-state index in [0.29, 0.717) is 12.8 Å². The first-order valence-corrected chi connectivity index (χ1v) is 5.35. The van der Waals surface area contributed by atoms with E-state index in [9.17, 15) is 4.79 Å². The van der Waals surface area contributed by atoms with E-state index in [-0.39, 0.29) is 17.8 Å². The van der Waals surface area contributed by atoms with Gasteiger partial charge in [-0.2, -0.15) is 0 Å². The van der Waals surface area contributed by atoms with Crippen LogP contribution in [-0.4, -0.2) is 23.0 Å². The number of nitrogens with one attached hydrogen (secondary N) is 1. The van der Waals surface area contributed by atoms with Crippen LogP contribution in [-0.2, 0) is 4.79 Å². The summed E-state index contributed by atoms with van der Waals surface area (Å²) < 4.78 is 0. The van der Waals surface area contributed by atoms with Crippen LogP contribution in [0.25, 0.3) is 0 Å². The zero-order valence-electron chi connectivity index (χ0n) is 9.29. The van der Waals surface area contributed by atoms with Gasteiger partial charge in [-0.25, -0.2) is 0 Å². The van der Waals surface area contributed by atoms with Crippen molar-refractivity contribution in [3.8, 4) is 0 Å². The van der Waals surface area contributed by atoms with Crippen LogP contribution in [0.3, 0.4) is 0 Å². The molecule has 1 fully saturated rings. The molecule has 0 spiro atoms. The molecule has 86 valence electrons. The van der Waals surface area contributed by atoms with Crippen LogP contribution in [0, 0.1) is 5.41 Å². The molecule has 0 heterocycles. The molecule has 1 atom stereocenters. The molecule has 1 aliphatic rings. The predicted octanol–water partition coefficient (Wildman–Crippen LogP) is 0.818. The molecule has 15 heavy (non-hydrogen) atoms. The molecule has 0 radical (unpaired) electrons. The molecule has 0 saturated heterocycles. The molecule has 0 bridgehead atoms. The molecule has 5 nitrogen and oxygen atoms in total. The number of amidine groups is 1. The summed E-state index contributed by atoms with van der Waals surface area (Å²) >= 11 is 0. The summed E-state index contributed by atoms with van der Waals surface area (Å²) in [5, 5.41) is 14.5. The van der Waals surface area contributed by atoms with Crippen LogP contribution < -0.4 is 11.1 Å². The Morgan fingerprint density at radius 1 is 1.67 bits per heavy atom. The molecular formula is C10H19N3O2. The lowest BCUT2D eigenvalue weighted by Crippen LogP contribution is -2.55. The van der Waals surface area contributed by atoms with E-state index in [1.807, 2.05) is 13.8 Å². The minimum Gasteiger partial charge on any atom is -0.409 e. The van der Waals surface area contributed by atoms with Gasteiger partial charge in [0.05, 0.1) is 0 Å². The lowest BCUT2D eigenvalue weighted by molar-refractivity contribution is -0.131. The lowest BCUT2D eigenvalue weighted by Gasteiger charge is -2.39. The van der Waals surface area contributed by atoms with Crippen molar-refractivity contribution < 1.29 is 10.0 Å². The molecule has 0 aromatic rings. The van der Waals surface area contributed by atoms with Crippen molar-refractivity contribution in [2.24, 2.45) is 16.3 Å². The quantitative estimate of drug-likeness (QED) is 0.279. The van der Waals surface area contributed by atoms with Gasteiger partial charge < -0.3 is 16.3 Å². The maximum absolute atomic E-state index is 11.9. The predicted molar refractivity (Wildman–Crippen MR) is 57.6 cm³/mol. The highest BCUT2D eigenvalue weighted by Gasteiger charge is 2.48. The van der Waals surface area contributed by atoms with Gasteiger partial charge in [0.15, 0.2) is 5.84 Å².